The van der Waals surface area contributed by atoms with Gasteiger partial charge in [0.2, 0.25) is 0 Å². The Morgan fingerprint density at radius 1 is 1.29 bits per heavy atom. The number of aliphatic hydroxyl groups excluding tert-OH is 1. The van der Waals surface area contributed by atoms with E-state index in [4.69, 9.17) is 5.11 Å². The van der Waals surface area contributed by atoms with Gasteiger partial charge >= 0.3 is 11.8 Å². The number of aliphatic hydroxyl groups is 1. The molecule has 1 aromatic heterocycles. The average molecular weight is 292 g/mol. The first-order chi connectivity index (χ1) is 10.1. The summed E-state index contributed by atoms with van der Waals surface area (Å²) >= 11 is 0. The smallest absolute Gasteiger partial charge is 0.312 e. The number of carbonyl (C=O) groups is 2. The number of nitrogens with zero attached hydrogens (tertiary/aromatic N) is 4. The van der Waals surface area contributed by atoms with Crippen LogP contribution in [0, 0.1) is 0 Å². The van der Waals surface area contributed by atoms with E-state index in [-0.39, 0.29) is 13.2 Å². The highest BCUT2D eigenvalue weighted by atomic mass is 16.3. The van der Waals surface area contributed by atoms with E-state index < -0.39 is 11.8 Å². The molecule has 0 saturated carbocycles. The summed E-state index contributed by atoms with van der Waals surface area (Å²) in [4.78, 5) is 33.1. The van der Waals surface area contributed by atoms with Crippen molar-refractivity contribution >= 4 is 17.6 Å². The number of aromatic nitrogens is 1. The van der Waals surface area contributed by atoms with E-state index in [0.29, 0.717) is 26.2 Å². The third-order valence-corrected chi connectivity index (χ3v) is 3.51. The Kier molecular flexibility index (Phi) is 5.10. The van der Waals surface area contributed by atoms with Gasteiger partial charge in [0.25, 0.3) is 0 Å². The van der Waals surface area contributed by atoms with E-state index in [2.05, 4.69) is 9.88 Å². The van der Waals surface area contributed by atoms with Gasteiger partial charge in [0.15, 0.2) is 0 Å². The van der Waals surface area contributed by atoms with Crippen LogP contribution in [0.15, 0.2) is 24.4 Å². The topological polar surface area (TPSA) is 77.0 Å². The Balaban J connectivity index is 1.89. The van der Waals surface area contributed by atoms with Crippen LogP contribution in [0.5, 0.6) is 0 Å². The Labute approximate surface area is 123 Å². The van der Waals surface area contributed by atoms with E-state index in [1.54, 1.807) is 11.1 Å². The first-order valence-electron chi connectivity index (χ1n) is 6.94. The molecule has 7 nitrogen and oxygen atoms in total. The molecular formula is C14H20N4O3. The van der Waals surface area contributed by atoms with Crippen LogP contribution in [0.25, 0.3) is 0 Å². The van der Waals surface area contributed by atoms with Gasteiger partial charge in [-0.2, -0.15) is 0 Å². The van der Waals surface area contributed by atoms with Crippen molar-refractivity contribution in [3.63, 3.8) is 0 Å². The summed E-state index contributed by atoms with van der Waals surface area (Å²) in [7, 11) is 1.51. The maximum Gasteiger partial charge on any atom is 0.312 e. The first-order valence-corrected chi connectivity index (χ1v) is 6.94. The van der Waals surface area contributed by atoms with Crippen molar-refractivity contribution in [2.45, 2.75) is 0 Å². The first kappa shape index (κ1) is 15.2. The molecule has 1 aliphatic rings. The molecule has 0 aliphatic carbocycles. The number of rotatable bonds is 3. The maximum atomic E-state index is 12.1. The molecule has 0 radical (unpaired) electrons. The second-order valence-corrected chi connectivity index (χ2v) is 4.92. The number of hydrogen-bond acceptors (Lipinski definition) is 5. The van der Waals surface area contributed by atoms with Crippen LogP contribution in [-0.4, -0.2) is 78.1 Å². The molecular weight excluding hydrogens is 272 g/mol. The van der Waals surface area contributed by atoms with Crippen LogP contribution in [0.3, 0.4) is 0 Å². The normalized spacial score (nSPS) is 15.0. The van der Waals surface area contributed by atoms with Crippen LogP contribution in [0.1, 0.15) is 0 Å². The zero-order valence-electron chi connectivity index (χ0n) is 12.1. The summed E-state index contributed by atoms with van der Waals surface area (Å²) in [5, 5.41) is 8.81. The van der Waals surface area contributed by atoms with Crippen LogP contribution in [0.2, 0.25) is 0 Å². The second kappa shape index (κ2) is 7.03. The summed E-state index contributed by atoms with van der Waals surface area (Å²) in [5.41, 5.74) is 0. The van der Waals surface area contributed by atoms with Gasteiger partial charge in [-0.05, 0) is 12.1 Å². The van der Waals surface area contributed by atoms with Crippen LogP contribution < -0.4 is 4.90 Å². The quantitative estimate of drug-likeness (QED) is 0.737. The third kappa shape index (κ3) is 3.69. The SMILES string of the molecule is CN(CCO)C(=O)C(=O)N1CCN(c2ccccn2)CC1. The second-order valence-electron chi connectivity index (χ2n) is 4.92. The Hall–Kier alpha value is -2.15. The van der Waals surface area contributed by atoms with Gasteiger partial charge in [0.1, 0.15) is 5.82 Å². The minimum atomic E-state index is -0.574. The molecule has 1 saturated heterocycles. The molecule has 114 valence electrons. The van der Waals surface area contributed by atoms with Crippen molar-refractivity contribution in [1.82, 2.24) is 14.8 Å². The molecule has 0 unspecified atom stereocenters. The fraction of sp³-hybridized carbons (Fsp3) is 0.500. The van der Waals surface area contributed by atoms with Gasteiger partial charge in [-0.15, -0.1) is 0 Å². The number of anilines is 1. The lowest BCUT2D eigenvalue weighted by Crippen LogP contribution is -2.53. The summed E-state index contributed by atoms with van der Waals surface area (Å²) in [6.07, 6.45) is 1.74. The van der Waals surface area contributed by atoms with E-state index in [0.717, 1.165) is 5.82 Å². The minimum Gasteiger partial charge on any atom is -0.395 e. The lowest BCUT2D eigenvalue weighted by molar-refractivity contribution is -0.151. The summed E-state index contributed by atoms with van der Waals surface area (Å²) < 4.78 is 0. The van der Waals surface area contributed by atoms with E-state index in [9.17, 15) is 9.59 Å². The number of carbonyl (C=O) groups excluding carboxylic acids is 2. The number of amides is 2. The van der Waals surface area contributed by atoms with Crippen molar-refractivity contribution in [3.05, 3.63) is 24.4 Å². The predicted octanol–water partition coefficient (Wildman–Crippen LogP) is -0.819. The molecule has 0 bridgehead atoms. The largest absolute Gasteiger partial charge is 0.395 e. The predicted molar refractivity (Wildman–Crippen MR) is 77.8 cm³/mol. The molecule has 1 aromatic rings. The number of piperazine rings is 1. The molecule has 2 amide bonds. The van der Waals surface area contributed by atoms with E-state index in [1.165, 1.54) is 11.9 Å². The summed E-state index contributed by atoms with van der Waals surface area (Å²) in [6, 6.07) is 5.71. The Bertz CT molecular complexity index is 486. The standard InChI is InChI=1S/C14H20N4O3/c1-16(10-11-19)13(20)14(21)18-8-6-17(7-9-18)12-4-2-3-5-15-12/h2-5,19H,6-11H2,1H3. The number of hydrogen-bond donors (Lipinski definition) is 1. The highest BCUT2D eigenvalue weighted by Crippen LogP contribution is 2.12. The Morgan fingerprint density at radius 2 is 2.00 bits per heavy atom. The van der Waals surface area contributed by atoms with Gasteiger partial charge in [0.05, 0.1) is 6.61 Å². The lowest BCUT2D eigenvalue weighted by atomic mass is 10.3. The van der Waals surface area contributed by atoms with Crippen molar-refractivity contribution in [2.75, 3.05) is 51.3 Å². The van der Waals surface area contributed by atoms with E-state index >= 15 is 0 Å². The molecule has 2 rings (SSSR count). The van der Waals surface area contributed by atoms with Gasteiger partial charge in [0, 0.05) is 46.0 Å². The fourth-order valence-corrected chi connectivity index (χ4v) is 2.23. The average Bonchev–Trinajstić information content (AvgIpc) is 2.54. The molecule has 1 fully saturated rings. The highest BCUT2D eigenvalue weighted by molar-refractivity contribution is 6.34. The third-order valence-electron chi connectivity index (χ3n) is 3.51. The van der Waals surface area contributed by atoms with E-state index in [1.807, 2.05) is 18.2 Å². The van der Waals surface area contributed by atoms with Crippen molar-refractivity contribution in [2.24, 2.45) is 0 Å². The zero-order chi connectivity index (χ0) is 15.2. The van der Waals surface area contributed by atoms with Gasteiger partial charge in [-0.3, -0.25) is 9.59 Å². The van der Waals surface area contributed by atoms with Crippen molar-refractivity contribution in [3.8, 4) is 0 Å². The molecule has 1 N–H and O–H groups in total. The van der Waals surface area contributed by atoms with Gasteiger partial charge in [-0.1, -0.05) is 6.07 Å². The van der Waals surface area contributed by atoms with Gasteiger partial charge in [-0.25, -0.2) is 4.98 Å². The van der Waals surface area contributed by atoms with Crippen molar-refractivity contribution < 1.29 is 14.7 Å². The lowest BCUT2D eigenvalue weighted by Gasteiger charge is -2.35. The maximum absolute atomic E-state index is 12.1. The molecule has 21 heavy (non-hydrogen) atoms. The van der Waals surface area contributed by atoms with Crippen LogP contribution in [-0.2, 0) is 9.59 Å². The Morgan fingerprint density at radius 3 is 2.57 bits per heavy atom. The fourth-order valence-electron chi connectivity index (χ4n) is 2.23. The van der Waals surface area contributed by atoms with Gasteiger partial charge < -0.3 is 19.8 Å². The highest BCUT2D eigenvalue weighted by Gasteiger charge is 2.28. The number of pyridine rings is 1. The van der Waals surface area contributed by atoms with Crippen molar-refractivity contribution in [1.29, 1.82) is 0 Å². The molecule has 7 heteroatoms. The van der Waals surface area contributed by atoms with Crippen LogP contribution >= 0.6 is 0 Å². The van der Waals surface area contributed by atoms with Crippen LogP contribution in [0.4, 0.5) is 5.82 Å². The minimum absolute atomic E-state index is 0.150. The number of likely N-dealkylation sites (N-methyl/N-ethyl adjacent to an activating group) is 1. The molecule has 0 spiro atoms. The summed E-state index contributed by atoms with van der Waals surface area (Å²) in [6.45, 7) is 2.31. The molecule has 0 atom stereocenters. The molecule has 1 aliphatic heterocycles. The molecule has 2 heterocycles. The summed E-state index contributed by atoms with van der Waals surface area (Å²) in [5.74, 6) is -0.199. The zero-order valence-corrected chi connectivity index (χ0v) is 12.1. The molecule has 0 aromatic carbocycles. The monoisotopic (exact) mass is 292 g/mol.